The van der Waals surface area contributed by atoms with Crippen LogP contribution in [0.15, 0.2) is 84.9 Å². The Kier molecular flexibility index (Phi) is 6.47. The van der Waals surface area contributed by atoms with E-state index in [-0.39, 0.29) is 12.5 Å². The van der Waals surface area contributed by atoms with Gasteiger partial charge in [-0.2, -0.15) is 0 Å². The maximum atomic E-state index is 12.9. The summed E-state index contributed by atoms with van der Waals surface area (Å²) >= 11 is 0. The van der Waals surface area contributed by atoms with E-state index >= 15 is 0 Å². The van der Waals surface area contributed by atoms with Crippen LogP contribution in [0, 0.1) is 6.92 Å². The molecule has 1 saturated heterocycles. The lowest BCUT2D eigenvalue weighted by Crippen LogP contribution is -2.70. The molecule has 1 amide bonds. The summed E-state index contributed by atoms with van der Waals surface area (Å²) in [6.07, 6.45) is -3.11. The SMILES string of the molecule is Cc1ccc([C@H](O)[C@@H](O)[C@H]2[C@@H](OCc3ccccc3)C(=O)N2Cc2ccccc2)cc1. The van der Waals surface area contributed by atoms with Crippen molar-refractivity contribution in [2.45, 2.75) is 44.4 Å². The third-order valence-corrected chi connectivity index (χ3v) is 5.76. The first-order valence-electron chi connectivity index (χ1n) is 10.5. The summed E-state index contributed by atoms with van der Waals surface area (Å²) in [5.74, 6) is -0.181. The van der Waals surface area contributed by atoms with E-state index < -0.39 is 24.4 Å². The number of aliphatic hydroxyl groups excluding tert-OH is 2. The summed E-state index contributed by atoms with van der Waals surface area (Å²) in [4.78, 5) is 14.5. The largest absolute Gasteiger partial charge is 0.388 e. The Labute approximate surface area is 182 Å². The molecule has 0 bridgehead atoms. The van der Waals surface area contributed by atoms with Crippen molar-refractivity contribution in [1.29, 1.82) is 0 Å². The zero-order valence-corrected chi connectivity index (χ0v) is 17.5. The molecule has 160 valence electrons. The van der Waals surface area contributed by atoms with Crippen molar-refractivity contribution < 1.29 is 19.7 Å². The summed E-state index contributed by atoms with van der Waals surface area (Å²) in [6, 6.07) is 25.9. The van der Waals surface area contributed by atoms with Crippen molar-refractivity contribution in [3.05, 3.63) is 107 Å². The van der Waals surface area contributed by atoms with E-state index in [9.17, 15) is 15.0 Å². The molecule has 1 heterocycles. The minimum atomic E-state index is -1.18. The molecule has 5 nitrogen and oxygen atoms in total. The molecule has 1 fully saturated rings. The van der Waals surface area contributed by atoms with Gasteiger partial charge in [-0.1, -0.05) is 90.5 Å². The molecule has 0 spiro atoms. The second-order valence-corrected chi connectivity index (χ2v) is 8.01. The number of benzene rings is 3. The lowest BCUT2D eigenvalue weighted by molar-refractivity contribution is -0.195. The van der Waals surface area contributed by atoms with Gasteiger partial charge in [0.05, 0.1) is 12.6 Å². The van der Waals surface area contributed by atoms with Crippen molar-refractivity contribution >= 4 is 5.91 Å². The molecule has 0 saturated carbocycles. The number of nitrogens with zero attached hydrogens (tertiary/aromatic N) is 1. The van der Waals surface area contributed by atoms with Crippen molar-refractivity contribution in [3.8, 4) is 0 Å². The Balaban J connectivity index is 1.53. The molecule has 3 aromatic carbocycles. The molecule has 4 atom stereocenters. The molecule has 3 aromatic rings. The van der Waals surface area contributed by atoms with Gasteiger partial charge in [0.2, 0.25) is 0 Å². The second kappa shape index (κ2) is 9.43. The number of aryl methyl sites for hydroxylation is 1. The van der Waals surface area contributed by atoms with E-state index in [0.29, 0.717) is 12.1 Å². The predicted octanol–water partition coefficient (Wildman–Crippen LogP) is 3.39. The highest BCUT2D eigenvalue weighted by molar-refractivity contribution is 5.88. The Morgan fingerprint density at radius 3 is 2.06 bits per heavy atom. The Hall–Kier alpha value is -2.99. The van der Waals surface area contributed by atoms with Crippen LogP contribution in [0.5, 0.6) is 0 Å². The average molecular weight is 418 g/mol. The van der Waals surface area contributed by atoms with E-state index in [1.807, 2.05) is 79.7 Å². The van der Waals surface area contributed by atoms with Crippen LogP contribution in [0.2, 0.25) is 0 Å². The number of hydrogen-bond acceptors (Lipinski definition) is 4. The molecule has 0 aliphatic carbocycles. The van der Waals surface area contributed by atoms with E-state index in [0.717, 1.165) is 16.7 Å². The Morgan fingerprint density at radius 2 is 1.45 bits per heavy atom. The molecule has 0 aromatic heterocycles. The number of rotatable bonds is 8. The zero-order chi connectivity index (χ0) is 21.8. The highest BCUT2D eigenvalue weighted by Crippen LogP contribution is 2.33. The minimum absolute atomic E-state index is 0.181. The second-order valence-electron chi connectivity index (χ2n) is 8.01. The fourth-order valence-electron chi connectivity index (χ4n) is 3.94. The summed E-state index contributed by atoms with van der Waals surface area (Å²) in [6.45, 7) is 2.58. The van der Waals surface area contributed by atoms with Gasteiger partial charge in [0.25, 0.3) is 5.91 Å². The van der Waals surface area contributed by atoms with Gasteiger partial charge >= 0.3 is 0 Å². The summed E-state index contributed by atoms with van der Waals surface area (Å²) < 4.78 is 5.92. The fraction of sp³-hybridized carbons (Fsp3) is 0.269. The van der Waals surface area contributed by atoms with Gasteiger partial charge in [-0.15, -0.1) is 0 Å². The topological polar surface area (TPSA) is 70.0 Å². The monoisotopic (exact) mass is 417 g/mol. The quantitative estimate of drug-likeness (QED) is 0.552. The molecule has 2 N–H and O–H groups in total. The van der Waals surface area contributed by atoms with Gasteiger partial charge in [0.15, 0.2) is 6.10 Å². The molecule has 31 heavy (non-hydrogen) atoms. The van der Waals surface area contributed by atoms with Crippen molar-refractivity contribution in [2.75, 3.05) is 0 Å². The Morgan fingerprint density at radius 1 is 0.871 bits per heavy atom. The smallest absolute Gasteiger partial charge is 0.254 e. The third kappa shape index (κ3) is 4.69. The van der Waals surface area contributed by atoms with E-state index in [2.05, 4.69) is 0 Å². The highest BCUT2D eigenvalue weighted by atomic mass is 16.5. The van der Waals surface area contributed by atoms with Crippen LogP contribution < -0.4 is 0 Å². The van der Waals surface area contributed by atoms with Crippen molar-refractivity contribution in [3.63, 3.8) is 0 Å². The van der Waals surface area contributed by atoms with Crippen LogP contribution in [0.4, 0.5) is 0 Å². The van der Waals surface area contributed by atoms with Crippen molar-refractivity contribution in [2.24, 2.45) is 0 Å². The van der Waals surface area contributed by atoms with Crippen LogP contribution in [0.3, 0.4) is 0 Å². The lowest BCUT2D eigenvalue weighted by atomic mass is 9.86. The van der Waals surface area contributed by atoms with Crippen LogP contribution in [-0.2, 0) is 22.7 Å². The number of likely N-dealkylation sites (tertiary alicyclic amines) is 1. The first kappa shape index (κ1) is 21.2. The van der Waals surface area contributed by atoms with E-state index in [1.165, 1.54) is 0 Å². The van der Waals surface area contributed by atoms with Crippen LogP contribution in [-0.4, -0.2) is 39.3 Å². The molecule has 1 aliphatic heterocycles. The van der Waals surface area contributed by atoms with Gasteiger partial charge in [-0.3, -0.25) is 4.79 Å². The highest BCUT2D eigenvalue weighted by Gasteiger charge is 2.53. The summed E-state index contributed by atoms with van der Waals surface area (Å²) in [5.41, 5.74) is 3.58. The normalized spacial score (nSPS) is 20.2. The van der Waals surface area contributed by atoms with Gasteiger partial charge in [0.1, 0.15) is 12.2 Å². The number of amides is 1. The number of carbonyl (C=O) groups excluding carboxylic acids is 1. The van der Waals surface area contributed by atoms with Gasteiger partial charge in [-0.25, -0.2) is 0 Å². The van der Waals surface area contributed by atoms with Crippen LogP contribution >= 0.6 is 0 Å². The molecule has 0 unspecified atom stereocenters. The molecular weight excluding hydrogens is 390 g/mol. The predicted molar refractivity (Wildman–Crippen MR) is 118 cm³/mol. The molecule has 0 radical (unpaired) electrons. The lowest BCUT2D eigenvalue weighted by Gasteiger charge is -2.49. The number of ether oxygens (including phenoxy) is 1. The molecular formula is C26H27NO4. The summed E-state index contributed by atoms with van der Waals surface area (Å²) in [5, 5.41) is 21.9. The maximum absolute atomic E-state index is 12.9. The first-order valence-corrected chi connectivity index (χ1v) is 10.5. The summed E-state index contributed by atoms with van der Waals surface area (Å²) in [7, 11) is 0. The first-order chi connectivity index (χ1) is 15.0. The van der Waals surface area contributed by atoms with Crippen LogP contribution in [0.1, 0.15) is 28.4 Å². The average Bonchev–Trinajstić information content (AvgIpc) is 2.81. The number of aliphatic hydroxyl groups is 2. The molecule has 4 rings (SSSR count). The Bertz CT molecular complexity index is 991. The van der Waals surface area contributed by atoms with Gasteiger partial charge < -0.3 is 19.8 Å². The maximum Gasteiger partial charge on any atom is 0.254 e. The van der Waals surface area contributed by atoms with Crippen molar-refractivity contribution in [1.82, 2.24) is 4.90 Å². The standard InChI is InChI=1S/C26H27NO4/c1-18-12-14-21(15-13-18)23(28)24(29)22-25(31-17-20-10-6-3-7-11-20)26(30)27(22)16-19-8-4-2-5-9-19/h2-15,22-25,28-29H,16-17H2,1H3/t22-,23-,24-,25+/m0/s1. The molecule has 5 heteroatoms. The zero-order valence-electron chi connectivity index (χ0n) is 17.5. The van der Waals surface area contributed by atoms with Crippen LogP contribution in [0.25, 0.3) is 0 Å². The number of β-lactam (4-membered cyclic amide) rings is 1. The van der Waals surface area contributed by atoms with E-state index in [4.69, 9.17) is 4.74 Å². The third-order valence-electron chi connectivity index (χ3n) is 5.76. The van der Waals surface area contributed by atoms with Gasteiger partial charge in [-0.05, 0) is 23.6 Å². The minimum Gasteiger partial charge on any atom is -0.388 e. The number of hydrogen-bond donors (Lipinski definition) is 2. The fourth-order valence-corrected chi connectivity index (χ4v) is 3.94. The van der Waals surface area contributed by atoms with Gasteiger partial charge in [0, 0.05) is 6.54 Å². The van der Waals surface area contributed by atoms with E-state index in [1.54, 1.807) is 17.0 Å². The molecule has 1 aliphatic rings. The number of carbonyl (C=O) groups is 1.